The van der Waals surface area contributed by atoms with E-state index in [1.54, 1.807) is 11.9 Å². The number of hydrogen-bond acceptors (Lipinski definition) is 3. The smallest absolute Gasteiger partial charge is 0.224 e. The van der Waals surface area contributed by atoms with E-state index in [4.69, 9.17) is 22.7 Å². The number of nitrogens with zero attached hydrogens (tertiary/aromatic N) is 1. The van der Waals surface area contributed by atoms with E-state index in [1.807, 2.05) is 0 Å². The van der Waals surface area contributed by atoms with Crippen molar-refractivity contribution in [2.75, 3.05) is 26.8 Å². The van der Waals surface area contributed by atoms with Crippen molar-refractivity contribution in [3.8, 4) is 0 Å². The van der Waals surface area contributed by atoms with E-state index in [0.717, 1.165) is 13.0 Å². The lowest BCUT2D eigenvalue weighted by Crippen LogP contribution is -2.30. The van der Waals surface area contributed by atoms with Gasteiger partial charge in [0.15, 0.2) is 0 Å². The molecule has 0 aliphatic rings. The van der Waals surface area contributed by atoms with E-state index in [1.165, 1.54) is 25.7 Å². The molecular weight excluding hydrogens is 260 g/mol. The average Bonchev–Trinajstić information content (AvgIpc) is 2.38. The molecule has 0 aliphatic carbocycles. The third-order valence-electron chi connectivity index (χ3n) is 2.97. The Bertz CT molecular complexity index is 260. The number of hydrogen-bond donors (Lipinski definition) is 1. The zero-order valence-corrected chi connectivity index (χ0v) is 13.1. The lowest BCUT2D eigenvalue weighted by molar-refractivity contribution is -0.130. The van der Waals surface area contributed by atoms with E-state index in [2.05, 4.69) is 6.92 Å². The summed E-state index contributed by atoms with van der Waals surface area (Å²) in [7, 11) is 1.77. The Morgan fingerprint density at radius 2 is 1.84 bits per heavy atom. The first-order chi connectivity index (χ1) is 9.07. The lowest BCUT2D eigenvalue weighted by Gasteiger charge is -2.16. The fourth-order valence-electron chi connectivity index (χ4n) is 1.66. The molecule has 0 radical (unpaired) electrons. The van der Waals surface area contributed by atoms with Crippen LogP contribution in [0.25, 0.3) is 0 Å². The predicted molar refractivity (Wildman–Crippen MR) is 83.2 cm³/mol. The molecule has 0 saturated carbocycles. The second kappa shape index (κ2) is 12.4. The number of amides is 1. The Hall–Kier alpha value is -0.680. The van der Waals surface area contributed by atoms with Gasteiger partial charge in [0.05, 0.1) is 18.0 Å². The average molecular weight is 288 g/mol. The molecule has 0 spiro atoms. The largest absolute Gasteiger partial charge is 0.393 e. The summed E-state index contributed by atoms with van der Waals surface area (Å²) in [6.45, 7) is 4.05. The second-order valence-corrected chi connectivity index (χ2v) is 5.33. The fraction of sp³-hybridized carbons (Fsp3) is 0.857. The van der Waals surface area contributed by atoms with Crippen molar-refractivity contribution in [2.24, 2.45) is 5.73 Å². The Morgan fingerprint density at radius 3 is 2.47 bits per heavy atom. The van der Waals surface area contributed by atoms with Crippen LogP contribution in [0.4, 0.5) is 0 Å². The predicted octanol–water partition coefficient (Wildman–Crippen LogP) is 2.50. The van der Waals surface area contributed by atoms with Crippen LogP contribution in [0.5, 0.6) is 0 Å². The van der Waals surface area contributed by atoms with Crippen LogP contribution in [0.15, 0.2) is 0 Å². The van der Waals surface area contributed by atoms with Gasteiger partial charge in [-0.3, -0.25) is 4.79 Å². The number of unbranched alkanes of at least 4 members (excludes halogenated alkanes) is 4. The minimum atomic E-state index is 0.0854. The molecule has 0 bridgehead atoms. The SMILES string of the molecule is CCCCCCCOCCC(=O)N(C)CCC(N)=S. The van der Waals surface area contributed by atoms with Crippen molar-refractivity contribution in [3.05, 3.63) is 0 Å². The molecule has 0 aliphatic heterocycles. The quantitative estimate of drug-likeness (QED) is 0.443. The number of nitrogens with two attached hydrogens (primary N) is 1. The van der Waals surface area contributed by atoms with Crippen LogP contribution in [0.1, 0.15) is 51.9 Å². The summed E-state index contributed by atoms with van der Waals surface area (Å²) in [5.74, 6) is 0.0854. The molecule has 1 amide bonds. The van der Waals surface area contributed by atoms with E-state index in [9.17, 15) is 4.79 Å². The summed E-state index contributed by atoms with van der Waals surface area (Å²) < 4.78 is 5.46. The van der Waals surface area contributed by atoms with Crippen molar-refractivity contribution in [1.29, 1.82) is 0 Å². The van der Waals surface area contributed by atoms with Crippen LogP contribution < -0.4 is 5.73 Å². The molecule has 0 unspecified atom stereocenters. The second-order valence-electron chi connectivity index (χ2n) is 4.81. The topological polar surface area (TPSA) is 55.6 Å². The van der Waals surface area contributed by atoms with Gasteiger partial charge in [-0.15, -0.1) is 0 Å². The highest BCUT2D eigenvalue weighted by Gasteiger charge is 2.08. The highest BCUT2D eigenvalue weighted by molar-refractivity contribution is 7.80. The standard InChI is InChI=1S/C14H28N2O2S/c1-3-4-5-6-7-11-18-12-9-14(17)16(2)10-8-13(15)19/h3-12H2,1-2H3,(H2,15,19). The summed E-state index contributed by atoms with van der Waals surface area (Å²) in [4.78, 5) is 13.8. The molecule has 0 atom stereocenters. The van der Waals surface area contributed by atoms with Gasteiger partial charge in [0.2, 0.25) is 5.91 Å². The van der Waals surface area contributed by atoms with Crippen molar-refractivity contribution >= 4 is 23.1 Å². The summed E-state index contributed by atoms with van der Waals surface area (Å²) in [5.41, 5.74) is 5.40. The van der Waals surface area contributed by atoms with Crippen LogP contribution in [0, 0.1) is 0 Å². The third kappa shape index (κ3) is 12.1. The number of carbonyl (C=O) groups excluding carboxylic acids is 1. The molecule has 19 heavy (non-hydrogen) atoms. The molecule has 112 valence electrons. The molecule has 0 fully saturated rings. The molecular formula is C14H28N2O2S. The van der Waals surface area contributed by atoms with Crippen LogP contribution in [0.3, 0.4) is 0 Å². The number of rotatable bonds is 12. The van der Waals surface area contributed by atoms with Crippen LogP contribution >= 0.6 is 12.2 Å². The zero-order chi connectivity index (χ0) is 14.5. The van der Waals surface area contributed by atoms with Gasteiger partial charge < -0.3 is 15.4 Å². The molecule has 0 rings (SSSR count). The maximum atomic E-state index is 11.7. The molecule has 4 nitrogen and oxygen atoms in total. The van der Waals surface area contributed by atoms with Gasteiger partial charge in [0.1, 0.15) is 0 Å². The van der Waals surface area contributed by atoms with E-state index < -0.39 is 0 Å². The lowest BCUT2D eigenvalue weighted by atomic mass is 10.2. The van der Waals surface area contributed by atoms with E-state index >= 15 is 0 Å². The number of ether oxygens (including phenoxy) is 1. The van der Waals surface area contributed by atoms with Gasteiger partial charge >= 0.3 is 0 Å². The Morgan fingerprint density at radius 1 is 1.16 bits per heavy atom. The van der Waals surface area contributed by atoms with Gasteiger partial charge in [-0.1, -0.05) is 44.8 Å². The first-order valence-electron chi connectivity index (χ1n) is 7.18. The fourth-order valence-corrected chi connectivity index (χ4v) is 1.75. The first-order valence-corrected chi connectivity index (χ1v) is 7.58. The maximum absolute atomic E-state index is 11.7. The Kier molecular flexibility index (Phi) is 11.9. The molecule has 2 N–H and O–H groups in total. The molecule has 0 aromatic heterocycles. The Balaban J connectivity index is 3.39. The molecule has 0 aromatic rings. The van der Waals surface area contributed by atoms with Crippen LogP contribution in [-0.2, 0) is 9.53 Å². The summed E-state index contributed by atoms with van der Waals surface area (Å²) >= 11 is 4.78. The highest BCUT2D eigenvalue weighted by atomic mass is 32.1. The number of thiocarbonyl (C=S) groups is 1. The van der Waals surface area contributed by atoms with E-state index in [-0.39, 0.29) is 5.91 Å². The normalized spacial score (nSPS) is 10.4. The van der Waals surface area contributed by atoms with Gasteiger partial charge in [-0.25, -0.2) is 0 Å². The third-order valence-corrected chi connectivity index (χ3v) is 3.18. The number of carbonyl (C=O) groups is 1. The molecule has 0 heterocycles. The van der Waals surface area contributed by atoms with Gasteiger partial charge in [0, 0.05) is 26.6 Å². The van der Waals surface area contributed by atoms with Gasteiger partial charge in [-0.05, 0) is 6.42 Å². The monoisotopic (exact) mass is 288 g/mol. The van der Waals surface area contributed by atoms with Crippen molar-refractivity contribution < 1.29 is 9.53 Å². The minimum absolute atomic E-state index is 0.0854. The maximum Gasteiger partial charge on any atom is 0.224 e. The van der Waals surface area contributed by atoms with E-state index in [0.29, 0.717) is 31.0 Å². The van der Waals surface area contributed by atoms with Gasteiger partial charge in [0.25, 0.3) is 0 Å². The van der Waals surface area contributed by atoms with Crippen molar-refractivity contribution in [2.45, 2.75) is 51.9 Å². The van der Waals surface area contributed by atoms with Gasteiger partial charge in [-0.2, -0.15) is 0 Å². The van der Waals surface area contributed by atoms with Crippen molar-refractivity contribution in [1.82, 2.24) is 4.90 Å². The van der Waals surface area contributed by atoms with Crippen molar-refractivity contribution in [3.63, 3.8) is 0 Å². The molecule has 0 saturated heterocycles. The molecule has 0 aromatic carbocycles. The summed E-state index contributed by atoms with van der Waals surface area (Å²) in [6.07, 6.45) is 7.15. The molecule has 5 heteroatoms. The summed E-state index contributed by atoms with van der Waals surface area (Å²) in [5, 5.41) is 0. The highest BCUT2D eigenvalue weighted by Crippen LogP contribution is 2.02. The summed E-state index contributed by atoms with van der Waals surface area (Å²) in [6, 6.07) is 0. The first kappa shape index (κ1) is 18.3. The minimum Gasteiger partial charge on any atom is -0.393 e. The Labute approximate surface area is 122 Å². The zero-order valence-electron chi connectivity index (χ0n) is 12.3. The van der Waals surface area contributed by atoms with Crippen LogP contribution in [-0.4, -0.2) is 42.6 Å². The van der Waals surface area contributed by atoms with Crippen LogP contribution in [0.2, 0.25) is 0 Å².